The van der Waals surface area contributed by atoms with Crippen LogP contribution in [-0.4, -0.2) is 26.8 Å². The molecule has 0 aliphatic carbocycles. The molecule has 0 radical (unpaired) electrons. The van der Waals surface area contributed by atoms with Crippen LogP contribution in [0.15, 0.2) is 16.6 Å². The van der Waals surface area contributed by atoms with Crippen molar-refractivity contribution in [3.63, 3.8) is 0 Å². The number of nitrogens with one attached hydrogen (secondary N) is 1. The highest BCUT2D eigenvalue weighted by Gasteiger charge is 2.21. The van der Waals surface area contributed by atoms with Crippen LogP contribution >= 0.6 is 27.5 Å². The minimum absolute atomic E-state index is 0.00120. The average molecular weight is 307 g/mol. The zero-order valence-corrected chi connectivity index (χ0v) is 11.3. The number of hydrogen-bond donors (Lipinski definition) is 1. The second-order valence-corrected chi connectivity index (χ2v) is 4.90. The fourth-order valence-electron chi connectivity index (χ4n) is 1.80. The number of hydrogen-bond acceptors (Lipinski definition) is 3. The Balaban J connectivity index is 2.36. The van der Waals surface area contributed by atoms with Gasteiger partial charge in [-0.1, -0.05) is 27.5 Å². The van der Waals surface area contributed by atoms with Crippen LogP contribution in [0.3, 0.4) is 0 Å². The first kappa shape index (κ1) is 12.2. The first-order chi connectivity index (χ1) is 7.72. The van der Waals surface area contributed by atoms with Crippen molar-refractivity contribution in [2.24, 2.45) is 0 Å². The van der Waals surface area contributed by atoms with Crippen LogP contribution in [0.25, 0.3) is 0 Å². The number of methoxy groups -OCH3 is 1. The molecule has 1 aliphatic heterocycles. The fourth-order valence-corrected chi connectivity index (χ4v) is 2.71. The van der Waals surface area contributed by atoms with Gasteiger partial charge in [-0.2, -0.15) is 0 Å². The molecule has 0 amide bonds. The van der Waals surface area contributed by atoms with Crippen molar-refractivity contribution in [3.05, 3.63) is 27.2 Å². The van der Waals surface area contributed by atoms with Crippen LogP contribution in [0, 0.1) is 0 Å². The van der Waals surface area contributed by atoms with Crippen LogP contribution < -0.4 is 10.1 Å². The van der Waals surface area contributed by atoms with Gasteiger partial charge >= 0.3 is 0 Å². The van der Waals surface area contributed by atoms with Gasteiger partial charge in [0.15, 0.2) is 0 Å². The first-order valence-electron chi connectivity index (χ1n) is 5.07. The third-order valence-corrected chi connectivity index (χ3v) is 3.25. The molecule has 0 bridgehead atoms. The molecule has 1 fully saturated rings. The average Bonchev–Trinajstić information content (AvgIpc) is 2.29. The van der Waals surface area contributed by atoms with Crippen molar-refractivity contribution in [1.29, 1.82) is 0 Å². The van der Waals surface area contributed by atoms with Gasteiger partial charge in [0, 0.05) is 23.1 Å². The predicted molar refractivity (Wildman–Crippen MR) is 67.3 cm³/mol. The van der Waals surface area contributed by atoms with E-state index in [0.717, 1.165) is 23.1 Å². The van der Waals surface area contributed by atoms with Gasteiger partial charge in [-0.25, -0.2) is 0 Å². The minimum atomic E-state index is -0.00120. The molecule has 5 heteroatoms. The lowest BCUT2D eigenvalue weighted by Crippen LogP contribution is -2.33. The molecule has 0 saturated carbocycles. The number of rotatable bonds is 2. The van der Waals surface area contributed by atoms with E-state index >= 15 is 0 Å². The summed E-state index contributed by atoms with van der Waals surface area (Å²) in [6, 6.07) is 3.81. The standard InChI is InChI=1S/C11H13BrClNO2/c1-15-11-8(4-7(12)5-9(11)13)10-6-14-2-3-16-10/h4-5,10,14H,2-3,6H2,1H3. The highest BCUT2D eigenvalue weighted by atomic mass is 79.9. The van der Waals surface area contributed by atoms with Crippen LogP contribution in [0.1, 0.15) is 11.7 Å². The molecule has 1 unspecified atom stereocenters. The number of halogens is 2. The number of morpholine rings is 1. The highest BCUT2D eigenvalue weighted by molar-refractivity contribution is 9.10. The molecule has 1 aromatic rings. The van der Waals surface area contributed by atoms with E-state index in [1.165, 1.54) is 0 Å². The molecule has 16 heavy (non-hydrogen) atoms. The quantitative estimate of drug-likeness (QED) is 0.911. The SMILES string of the molecule is COc1c(Cl)cc(Br)cc1C1CNCCO1. The van der Waals surface area contributed by atoms with Gasteiger partial charge < -0.3 is 14.8 Å². The van der Waals surface area contributed by atoms with Crippen molar-refractivity contribution in [1.82, 2.24) is 5.32 Å². The van der Waals surface area contributed by atoms with E-state index in [0.29, 0.717) is 17.4 Å². The van der Waals surface area contributed by atoms with E-state index < -0.39 is 0 Å². The van der Waals surface area contributed by atoms with E-state index in [-0.39, 0.29) is 6.10 Å². The lowest BCUT2D eigenvalue weighted by atomic mass is 10.1. The molecule has 0 spiro atoms. The van der Waals surface area contributed by atoms with Gasteiger partial charge in [0.1, 0.15) is 5.75 Å². The summed E-state index contributed by atoms with van der Waals surface area (Å²) in [5.74, 6) is 0.693. The van der Waals surface area contributed by atoms with Gasteiger partial charge in [-0.3, -0.25) is 0 Å². The maximum absolute atomic E-state index is 6.12. The fraction of sp³-hybridized carbons (Fsp3) is 0.455. The molecule has 1 N–H and O–H groups in total. The summed E-state index contributed by atoms with van der Waals surface area (Å²) in [6.07, 6.45) is -0.00120. The first-order valence-corrected chi connectivity index (χ1v) is 6.24. The minimum Gasteiger partial charge on any atom is -0.495 e. The molecule has 1 aliphatic rings. The summed E-state index contributed by atoms with van der Waals surface area (Å²) in [4.78, 5) is 0. The van der Waals surface area contributed by atoms with E-state index in [4.69, 9.17) is 21.1 Å². The predicted octanol–water partition coefficient (Wildman–Crippen LogP) is 2.77. The number of benzene rings is 1. The summed E-state index contributed by atoms with van der Waals surface area (Å²) < 4.78 is 12.0. The summed E-state index contributed by atoms with van der Waals surface area (Å²) in [5.41, 5.74) is 0.981. The Morgan fingerprint density at radius 3 is 3.00 bits per heavy atom. The van der Waals surface area contributed by atoms with Gasteiger partial charge in [-0.15, -0.1) is 0 Å². The smallest absolute Gasteiger partial charge is 0.143 e. The van der Waals surface area contributed by atoms with Crippen LogP contribution in [0.2, 0.25) is 5.02 Å². The third-order valence-electron chi connectivity index (χ3n) is 2.52. The molecule has 1 atom stereocenters. The summed E-state index contributed by atoms with van der Waals surface area (Å²) >= 11 is 9.55. The topological polar surface area (TPSA) is 30.5 Å². The van der Waals surface area contributed by atoms with E-state index in [1.807, 2.05) is 12.1 Å². The summed E-state index contributed by atoms with van der Waals surface area (Å²) in [7, 11) is 1.62. The van der Waals surface area contributed by atoms with Gasteiger partial charge in [0.05, 0.1) is 24.8 Å². The number of ether oxygens (including phenoxy) is 2. The largest absolute Gasteiger partial charge is 0.495 e. The van der Waals surface area contributed by atoms with Crippen molar-refractivity contribution in [2.45, 2.75) is 6.10 Å². The Morgan fingerprint density at radius 1 is 1.56 bits per heavy atom. The molecule has 3 nitrogen and oxygen atoms in total. The lowest BCUT2D eigenvalue weighted by molar-refractivity contribution is 0.0262. The van der Waals surface area contributed by atoms with Crippen LogP contribution in [0.5, 0.6) is 5.75 Å². The molecular formula is C11H13BrClNO2. The Kier molecular flexibility index (Phi) is 4.08. The van der Waals surface area contributed by atoms with Crippen LogP contribution in [0.4, 0.5) is 0 Å². The van der Waals surface area contributed by atoms with Gasteiger partial charge in [0.25, 0.3) is 0 Å². The third kappa shape index (κ3) is 2.51. The molecule has 88 valence electrons. The van der Waals surface area contributed by atoms with Gasteiger partial charge in [0.2, 0.25) is 0 Å². The van der Waals surface area contributed by atoms with Crippen molar-refractivity contribution in [2.75, 3.05) is 26.8 Å². The Morgan fingerprint density at radius 2 is 2.38 bits per heavy atom. The Bertz CT molecular complexity index is 380. The lowest BCUT2D eigenvalue weighted by Gasteiger charge is -2.25. The summed E-state index contributed by atoms with van der Waals surface area (Å²) in [6.45, 7) is 2.38. The zero-order valence-electron chi connectivity index (χ0n) is 8.93. The molecular weight excluding hydrogens is 293 g/mol. The molecule has 1 heterocycles. The monoisotopic (exact) mass is 305 g/mol. The Labute approximate surface area is 108 Å². The van der Waals surface area contributed by atoms with Crippen LogP contribution in [-0.2, 0) is 4.74 Å². The maximum atomic E-state index is 6.12. The van der Waals surface area contributed by atoms with Gasteiger partial charge in [-0.05, 0) is 12.1 Å². The highest BCUT2D eigenvalue weighted by Crippen LogP contribution is 2.37. The second kappa shape index (κ2) is 5.36. The summed E-state index contributed by atoms with van der Waals surface area (Å²) in [5, 5.41) is 3.88. The van der Waals surface area contributed by atoms with E-state index in [9.17, 15) is 0 Å². The maximum Gasteiger partial charge on any atom is 0.143 e. The second-order valence-electron chi connectivity index (χ2n) is 3.57. The Hall–Kier alpha value is -0.290. The molecule has 1 aromatic carbocycles. The van der Waals surface area contributed by atoms with E-state index in [2.05, 4.69) is 21.2 Å². The molecule has 2 rings (SSSR count). The van der Waals surface area contributed by atoms with Crippen molar-refractivity contribution >= 4 is 27.5 Å². The van der Waals surface area contributed by atoms with Crippen molar-refractivity contribution in [3.8, 4) is 5.75 Å². The molecule has 1 saturated heterocycles. The van der Waals surface area contributed by atoms with E-state index in [1.54, 1.807) is 7.11 Å². The van der Waals surface area contributed by atoms with Crippen molar-refractivity contribution < 1.29 is 9.47 Å². The zero-order chi connectivity index (χ0) is 11.5. The normalized spacial score (nSPS) is 20.8. The molecule has 0 aromatic heterocycles.